The molecule has 0 spiro atoms. The van der Waals surface area contributed by atoms with Gasteiger partial charge in [-0.1, -0.05) is 19.9 Å². The molecule has 0 saturated carbocycles. The second-order valence-electron chi connectivity index (χ2n) is 6.19. The van der Waals surface area contributed by atoms with Crippen LogP contribution in [0.5, 0.6) is 0 Å². The third kappa shape index (κ3) is 4.03. The molecule has 0 bridgehead atoms. The fraction of sp³-hybridized carbons (Fsp3) is 0.412. The van der Waals surface area contributed by atoms with E-state index in [-0.39, 0.29) is 5.91 Å². The molecule has 1 aromatic heterocycles. The second-order valence-corrected chi connectivity index (χ2v) is 8.63. The number of hydrogen-bond donors (Lipinski definition) is 1. The highest BCUT2D eigenvalue weighted by atomic mass is 32.2. The van der Waals surface area contributed by atoms with Crippen molar-refractivity contribution in [2.24, 2.45) is 10.3 Å². The van der Waals surface area contributed by atoms with E-state index in [9.17, 15) is 9.00 Å². The average molecular weight is 348 g/mol. The number of aromatic nitrogens is 2. The van der Waals surface area contributed by atoms with Crippen LogP contribution in [0.1, 0.15) is 29.9 Å². The van der Waals surface area contributed by atoms with Crippen molar-refractivity contribution in [2.75, 3.05) is 18.6 Å². The lowest BCUT2D eigenvalue weighted by atomic mass is 10.2. The van der Waals surface area contributed by atoms with Crippen molar-refractivity contribution >= 4 is 21.3 Å². The van der Waals surface area contributed by atoms with Crippen molar-refractivity contribution in [1.82, 2.24) is 9.78 Å². The number of nitrogens with one attached hydrogen (secondary N) is 1. The molecule has 0 aliphatic carbocycles. The van der Waals surface area contributed by atoms with Gasteiger partial charge >= 0.3 is 0 Å². The molecule has 24 heavy (non-hydrogen) atoms. The van der Waals surface area contributed by atoms with E-state index in [0.29, 0.717) is 22.1 Å². The summed E-state index contributed by atoms with van der Waals surface area (Å²) in [5.74, 6) is 0.224. The van der Waals surface area contributed by atoms with Gasteiger partial charge in [-0.2, -0.15) is 5.10 Å². The molecule has 0 saturated heterocycles. The maximum atomic E-state index is 12.5. The lowest BCUT2D eigenvalue weighted by Crippen LogP contribution is -2.14. The summed E-state index contributed by atoms with van der Waals surface area (Å²) in [6.45, 7) is 6.86. The van der Waals surface area contributed by atoms with Crippen molar-refractivity contribution in [3.63, 3.8) is 0 Å². The third-order valence-corrected chi connectivity index (χ3v) is 5.59. The summed E-state index contributed by atoms with van der Waals surface area (Å²) in [4.78, 5) is 13.1. The molecule has 0 radical (unpaired) electrons. The average Bonchev–Trinajstić information content (AvgIpc) is 2.88. The quantitative estimate of drug-likeness (QED) is 0.901. The van der Waals surface area contributed by atoms with Crippen molar-refractivity contribution in [3.8, 4) is 0 Å². The first-order valence-corrected chi connectivity index (χ1v) is 9.71. The highest BCUT2D eigenvalue weighted by molar-refractivity contribution is 7.93. The van der Waals surface area contributed by atoms with E-state index in [1.165, 1.54) is 7.05 Å². The molecule has 1 N–H and O–H groups in total. The van der Waals surface area contributed by atoms with Crippen LogP contribution in [0.25, 0.3) is 0 Å². The zero-order chi connectivity index (χ0) is 17.9. The number of rotatable bonds is 5. The van der Waals surface area contributed by atoms with Gasteiger partial charge in [-0.25, -0.2) is 8.57 Å². The first kappa shape index (κ1) is 18.2. The summed E-state index contributed by atoms with van der Waals surface area (Å²) in [5.41, 5.74) is 1.96. The number of amides is 1. The Morgan fingerprint density at radius 3 is 2.75 bits per heavy atom. The SMILES string of the molecule is CN=[S@@](C)(=O)c1cccc(NC(=O)c2cnn(CC(C)C)c2C)c1. The molecule has 2 aromatic rings. The van der Waals surface area contributed by atoms with Gasteiger partial charge < -0.3 is 5.32 Å². The third-order valence-electron chi connectivity index (χ3n) is 3.76. The molecule has 1 amide bonds. The van der Waals surface area contributed by atoms with Gasteiger partial charge in [0.1, 0.15) is 0 Å². The second kappa shape index (κ2) is 7.17. The number of benzene rings is 1. The van der Waals surface area contributed by atoms with Gasteiger partial charge in [0.15, 0.2) is 0 Å². The number of nitrogens with zero attached hydrogens (tertiary/aromatic N) is 3. The summed E-state index contributed by atoms with van der Waals surface area (Å²) in [5, 5.41) is 7.13. The summed E-state index contributed by atoms with van der Waals surface area (Å²) in [7, 11) is -0.904. The lowest BCUT2D eigenvalue weighted by Gasteiger charge is -2.09. The molecule has 130 valence electrons. The summed E-state index contributed by atoms with van der Waals surface area (Å²) in [6, 6.07) is 6.97. The van der Waals surface area contributed by atoms with Gasteiger partial charge in [-0.15, -0.1) is 0 Å². The number of carbonyl (C=O) groups is 1. The van der Waals surface area contributed by atoms with Crippen LogP contribution in [0.4, 0.5) is 5.69 Å². The minimum Gasteiger partial charge on any atom is -0.322 e. The summed E-state index contributed by atoms with van der Waals surface area (Å²) in [6.07, 6.45) is 3.16. The molecule has 0 aliphatic heterocycles. The van der Waals surface area contributed by atoms with Crippen molar-refractivity contribution < 1.29 is 9.00 Å². The van der Waals surface area contributed by atoms with E-state index in [1.54, 1.807) is 36.7 Å². The molecule has 0 fully saturated rings. The van der Waals surface area contributed by atoms with E-state index in [4.69, 9.17) is 0 Å². The van der Waals surface area contributed by atoms with Gasteiger partial charge in [0.25, 0.3) is 5.91 Å². The van der Waals surface area contributed by atoms with Crippen LogP contribution in [0.15, 0.2) is 39.7 Å². The number of anilines is 1. The van der Waals surface area contributed by atoms with E-state index in [2.05, 4.69) is 28.6 Å². The molecule has 0 unspecified atom stereocenters. The Balaban J connectivity index is 2.24. The maximum Gasteiger partial charge on any atom is 0.259 e. The minimum atomic E-state index is -2.43. The maximum absolute atomic E-state index is 12.5. The van der Waals surface area contributed by atoms with Gasteiger partial charge in [0, 0.05) is 36.1 Å². The molecular formula is C17H24N4O2S. The fourth-order valence-corrected chi connectivity index (χ4v) is 3.20. The van der Waals surface area contributed by atoms with Gasteiger partial charge in [-0.3, -0.25) is 9.48 Å². The Kier molecular flexibility index (Phi) is 5.43. The molecule has 1 heterocycles. The first-order chi connectivity index (χ1) is 11.2. The monoisotopic (exact) mass is 348 g/mol. The van der Waals surface area contributed by atoms with Crippen LogP contribution >= 0.6 is 0 Å². The smallest absolute Gasteiger partial charge is 0.259 e. The Labute approximate surface area is 143 Å². The van der Waals surface area contributed by atoms with Crippen LogP contribution in [-0.4, -0.2) is 33.2 Å². The Morgan fingerprint density at radius 1 is 1.42 bits per heavy atom. The Morgan fingerprint density at radius 2 is 2.12 bits per heavy atom. The summed E-state index contributed by atoms with van der Waals surface area (Å²) >= 11 is 0. The number of hydrogen-bond acceptors (Lipinski definition) is 4. The normalized spacial score (nSPS) is 13.6. The van der Waals surface area contributed by atoms with Crippen molar-refractivity contribution in [1.29, 1.82) is 0 Å². The molecular weight excluding hydrogens is 324 g/mol. The van der Waals surface area contributed by atoms with Crippen molar-refractivity contribution in [3.05, 3.63) is 41.7 Å². The van der Waals surface area contributed by atoms with Crippen molar-refractivity contribution in [2.45, 2.75) is 32.2 Å². The minimum absolute atomic E-state index is 0.226. The Hall–Kier alpha value is -2.15. The first-order valence-electron chi connectivity index (χ1n) is 7.78. The van der Waals surface area contributed by atoms with Crippen LogP contribution in [0.2, 0.25) is 0 Å². The predicted octanol–water partition coefficient (Wildman–Crippen LogP) is 3.19. The molecule has 2 rings (SSSR count). The van der Waals surface area contributed by atoms with E-state index >= 15 is 0 Å². The highest BCUT2D eigenvalue weighted by Crippen LogP contribution is 2.18. The van der Waals surface area contributed by atoms with Crippen LogP contribution in [-0.2, 0) is 16.3 Å². The van der Waals surface area contributed by atoms with Gasteiger partial charge in [0.2, 0.25) is 0 Å². The standard InChI is InChI=1S/C17H24N4O2S/c1-12(2)11-21-13(3)16(10-19-21)17(22)20-14-7-6-8-15(9-14)24(5,23)18-4/h6-10,12H,11H2,1-5H3,(H,20,22)/t24-/m0/s1. The van der Waals surface area contributed by atoms with E-state index in [0.717, 1.165) is 12.2 Å². The zero-order valence-corrected chi connectivity index (χ0v) is 15.6. The molecule has 7 heteroatoms. The van der Waals surface area contributed by atoms with Crippen LogP contribution < -0.4 is 5.32 Å². The fourth-order valence-electron chi connectivity index (χ4n) is 2.31. The van der Waals surface area contributed by atoms with E-state index in [1.807, 2.05) is 11.6 Å². The lowest BCUT2D eigenvalue weighted by molar-refractivity contribution is 0.102. The molecule has 6 nitrogen and oxygen atoms in total. The largest absolute Gasteiger partial charge is 0.322 e. The molecule has 1 aromatic carbocycles. The van der Waals surface area contributed by atoms with Crippen LogP contribution in [0.3, 0.4) is 0 Å². The van der Waals surface area contributed by atoms with Gasteiger partial charge in [0.05, 0.1) is 21.5 Å². The predicted molar refractivity (Wildman–Crippen MR) is 96.9 cm³/mol. The van der Waals surface area contributed by atoms with Crippen LogP contribution in [0, 0.1) is 12.8 Å². The zero-order valence-electron chi connectivity index (χ0n) is 14.7. The highest BCUT2D eigenvalue weighted by Gasteiger charge is 2.15. The molecule has 0 aliphatic rings. The molecule has 1 atom stereocenters. The number of carbonyl (C=O) groups excluding carboxylic acids is 1. The van der Waals surface area contributed by atoms with Gasteiger partial charge in [-0.05, 0) is 31.0 Å². The Bertz CT molecular complexity index is 861. The van der Waals surface area contributed by atoms with E-state index < -0.39 is 9.73 Å². The topological polar surface area (TPSA) is 76.3 Å². The summed E-state index contributed by atoms with van der Waals surface area (Å²) < 4.78 is 18.1.